The molecule has 2 heterocycles. The van der Waals surface area contributed by atoms with Crippen molar-refractivity contribution >= 4 is 21.6 Å². The Bertz CT molecular complexity index is 772. The third-order valence-electron chi connectivity index (χ3n) is 4.27. The lowest BCUT2D eigenvalue weighted by Gasteiger charge is -2.17. The van der Waals surface area contributed by atoms with E-state index < -0.39 is 0 Å². The van der Waals surface area contributed by atoms with Crippen molar-refractivity contribution in [1.82, 2.24) is 9.55 Å². The Labute approximate surface area is 126 Å². The maximum Gasteiger partial charge on any atom is 0.329 e. The van der Waals surface area contributed by atoms with Crippen LogP contribution in [0.15, 0.2) is 9.59 Å². The van der Waals surface area contributed by atoms with Gasteiger partial charge in [0.2, 0.25) is 0 Å². The van der Waals surface area contributed by atoms with Crippen molar-refractivity contribution in [2.75, 3.05) is 6.54 Å². The molecule has 6 heteroatoms. The molecule has 0 aromatic carbocycles. The molecule has 0 amide bonds. The van der Waals surface area contributed by atoms with E-state index >= 15 is 0 Å². The van der Waals surface area contributed by atoms with Gasteiger partial charge in [0.05, 0.1) is 5.39 Å². The fourth-order valence-corrected chi connectivity index (χ4v) is 4.47. The molecule has 21 heavy (non-hydrogen) atoms. The molecule has 0 spiro atoms. The van der Waals surface area contributed by atoms with Crippen LogP contribution >= 0.6 is 11.3 Å². The van der Waals surface area contributed by atoms with Crippen molar-refractivity contribution in [1.29, 1.82) is 0 Å². The number of thiophene rings is 1. The van der Waals surface area contributed by atoms with Gasteiger partial charge < -0.3 is 5.73 Å². The molecule has 114 valence electrons. The Balaban J connectivity index is 2.11. The highest BCUT2D eigenvalue weighted by Gasteiger charge is 2.23. The summed E-state index contributed by atoms with van der Waals surface area (Å²) in [5.74, 6) is 0.657. The molecule has 2 aromatic rings. The number of aryl methyl sites for hydroxylation is 1. The number of nitrogens with zero attached hydrogens (tertiary/aromatic N) is 1. The van der Waals surface area contributed by atoms with Gasteiger partial charge in [-0.15, -0.1) is 11.3 Å². The van der Waals surface area contributed by atoms with Gasteiger partial charge in [0.25, 0.3) is 5.56 Å². The minimum atomic E-state index is -0.295. The first-order valence-electron chi connectivity index (χ1n) is 7.59. The second kappa shape index (κ2) is 5.77. The van der Waals surface area contributed by atoms with Gasteiger partial charge in [0.15, 0.2) is 0 Å². The van der Waals surface area contributed by atoms with Gasteiger partial charge in [-0.1, -0.05) is 6.92 Å². The predicted octanol–water partition coefficient (Wildman–Crippen LogP) is 1.61. The summed E-state index contributed by atoms with van der Waals surface area (Å²) in [5, 5.41) is 0.745. The van der Waals surface area contributed by atoms with E-state index in [2.05, 4.69) is 11.9 Å². The smallest absolute Gasteiger partial charge is 0.329 e. The Kier molecular flexibility index (Phi) is 3.99. The zero-order valence-electron chi connectivity index (χ0n) is 12.3. The topological polar surface area (TPSA) is 80.9 Å². The highest BCUT2D eigenvalue weighted by molar-refractivity contribution is 7.18. The molecular formula is C15H21N3O2S. The lowest BCUT2D eigenvalue weighted by molar-refractivity contribution is 0.508. The van der Waals surface area contributed by atoms with Crippen LogP contribution in [0, 0.1) is 5.92 Å². The normalized spacial score (nSPS) is 18.1. The number of nitrogens with one attached hydrogen (secondary N) is 1. The molecule has 5 nitrogen and oxygen atoms in total. The van der Waals surface area contributed by atoms with E-state index in [4.69, 9.17) is 5.73 Å². The summed E-state index contributed by atoms with van der Waals surface area (Å²) in [6.45, 7) is 3.27. The zero-order chi connectivity index (χ0) is 15.0. The average Bonchev–Trinajstić information content (AvgIpc) is 2.79. The number of fused-ring (bicyclic) bond motifs is 3. The van der Waals surface area contributed by atoms with Crippen LogP contribution in [0.1, 0.15) is 36.6 Å². The average molecular weight is 307 g/mol. The van der Waals surface area contributed by atoms with E-state index in [0.29, 0.717) is 19.0 Å². The molecule has 1 aliphatic carbocycles. The highest BCUT2D eigenvalue weighted by atomic mass is 32.1. The van der Waals surface area contributed by atoms with Gasteiger partial charge in [-0.3, -0.25) is 14.3 Å². The fraction of sp³-hybridized carbons (Fsp3) is 0.600. The van der Waals surface area contributed by atoms with E-state index in [1.54, 1.807) is 11.3 Å². The summed E-state index contributed by atoms with van der Waals surface area (Å²) >= 11 is 1.58. The summed E-state index contributed by atoms with van der Waals surface area (Å²) in [4.78, 5) is 29.7. The summed E-state index contributed by atoms with van der Waals surface area (Å²) in [6, 6.07) is 0. The Morgan fingerprint density at radius 2 is 2.19 bits per heavy atom. The van der Waals surface area contributed by atoms with Gasteiger partial charge in [-0.25, -0.2) is 4.79 Å². The van der Waals surface area contributed by atoms with Gasteiger partial charge in [0.1, 0.15) is 4.83 Å². The summed E-state index contributed by atoms with van der Waals surface area (Å²) in [6.07, 6.45) is 4.66. The van der Waals surface area contributed by atoms with Crippen LogP contribution in [0.4, 0.5) is 0 Å². The quantitative estimate of drug-likeness (QED) is 0.842. The second-order valence-corrected chi connectivity index (χ2v) is 7.04. The van der Waals surface area contributed by atoms with E-state index in [9.17, 15) is 9.59 Å². The highest BCUT2D eigenvalue weighted by Crippen LogP contribution is 2.35. The lowest BCUT2D eigenvalue weighted by Crippen LogP contribution is -2.35. The number of aromatic nitrogens is 2. The molecule has 0 aliphatic heterocycles. The number of rotatable bonds is 4. The summed E-state index contributed by atoms with van der Waals surface area (Å²) in [7, 11) is 0. The van der Waals surface area contributed by atoms with Crippen molar-refractivity contribution < 1.29 is 0 Å². The largest absolute Gasteiger partial charge is 0.330 e. The first-order valence-corrected chi connectivity index (χ1v) is 8.41. The standard InChI is InChI=1S/C15H21N3O2S/c1-9-4-5-10-11(8-9)21-13-12(10)14(19)18(15(20)17-13)7-3-2-6-16/h9H,2-8,16H2,1H3,(H,17,20). The third kappa shape index (κ3) is 2.58. The number of hydrogen-bond acceptors (Lipinski definition) is 4. The van der Waals surface area contributed by atoms with Crippen LogP contribution in [0.5, 0.6) is 0 Å². The van der Waals surface area contributed by atoms with Crippen LogP contribution < -0.4 is 17.0 Å². The maximum absolute atomic E-state index is 12.7. The number of aromatic amines is 1. The molecule has 3 rings (SSSR count). The summed E-state index contributed by atoms with van der Waals surface area (Å²) < 4.78 is 1.34. The van der Waals surface area contributed by atoms with Gasteiger partial charge in [0, 0.05) is 11.4 Å². The third-order valence-corrected chi connectivity index (χ3v) is 5.44. The van der Waals surface area contributed by atoms with Gasteiger partial charge in [-0.05, 0) is 50.1 Å². The van der Waals surface area contributed by atoms with E-state index in [1.807, 2.05) is 0 Å². The van der Waals surface area contributed by atoms with Crippen LogP contribution in [0.25, 0.3) is 10.2 Å². The molecule has 1 unspecified atom stereocenters. The Morgan fingerprint density at radius 1 is 1.38 bits per heavy atom. The number of H-pyrrole nitrogens is 1. The molecule has 0 saturated carbocycles. The number of hydrogen-bond donors (Lipinski definition) is 2. The van der Waals surface area contributed by atoms with E-state index in [1.165, 1.54) is 15.0 Å². The minimum Gasteiger partial charge on any atom is -0.330 e. The molecule has 0 fully saturated rings. The fourth-order valence-electron chi connectivity index (χ4n) is 3.07. The first-order chi connectivity index (χ1) is 10.1. The van der Waals surface area contributed by atoms with Gasteiger partial charge in [-0.2, -0.15) is 0 Å². The first kappa shape index (κ1) is 14.5. The molecule has 1 aliphatic rings. The van der Waals surface area contributed by atoms with Gasteiger partial charge >= 0.3 is 5.69 Å². The number of unbranched alkanes of at least 4 members (excludes halogenated alkanes) is 1. The molecule has 0 radical (unpaired) electrons. The predicted molar refractivity (Wildman–Crippen MR) is 86.2 cm³/mol. The molecule has 3 N–H and O–H groups in total. The van der Waals surface area contributed by atoms with Crippen LogP contribution in [0.2, 0.25) is 0 Å². The number of nitrogens with two attached hydrogens (primary N) is 1. The van der Waals surface area contributed by atoms with Crippen LogP contribution in [0.3, 0.4) is 0 Å². The Morgan fingerprint density at radius 3 is 2.95 bits per heavy atom. The Hall–Kier alpha value is -1.40. The maximum atomic E-state index is 12.7. The molecule has 0 saturated heterocycles. The van der Waals surface area contributed by atoms with Crippen molar-refractivity contribution in [2.45, 2.75) is 45.6 Å². The molecule has 1 atom stereocenters. The molecular weight excluding hydrogens is 286 g/mol. The van der Waals surface area contributed by atoms with Crippen molar-refractivity contribution in [2.24, 2.45) is 11.7 Å². The summed E-state index contributed by atoms with van der Waals surface area (Å²) in [5.41, 5.74) is 6.22. The molecule has 2 aromatic heterocycles. The van der Waals surface area contributed by atoms with Crippen LogP contribution in [-0.4, -0.2) is 16.1 Å². The zero-order valence-corrected chi connectivity index (χ0v) is 13.1. The second-order valence-electron chi connectivity index (χ2n) is 5.94. The monoisotopic (exact) mass is 307 g/mol. The van der Waals surface area contributed by atoms with Crippen molar-refractivity contribution in [3.63, 3.8) is 0 Å². The van der Waals surface area contributed by atoms with E-state index in [0.717, 1.165) is 42.3 Å². The minimum absolute atomic E-state index is 0.127. The lowest BCUT2D eigenvalue weighted by atomic mass is 9.89. The van der Waals surface area contributed by atoms with E-state index in [-0.39, 0.29) is 11.2 Å². The van der Waals surface area contributed by atoms with Crippen molar-refractivity contribution in [3.05, 3.63) is 31.3 Å². The molecule has 0 bridgehead atoms. The van der Waals surface area contributed by atoms with Crippen LogP contribution in [-0.2, 0) is 19.4 Å². The van der Waals surface area contributed by atoms with Crippen molar-refractivity contribution in [3.8, 4) is 0 Å². The SMILES string of the molecule is CC1CCc2c(sc3[nH]c(=O)n(CCCCN)c(=O)c23)C1.